The summed E-state index contributed by atoms with van der Waals surface area (Å²) in [5.74, 6) is 0.939. The highest BCUT2D eigenvalue weighted by Gasteiger charge is 2.26. The van der Waals surface area contributed by atoms with Crippen molar-refractivity contribution >= 4 is 11.0 Å². The van der Waals surface area contributed by atoms with E-state index in [1.54, 1.807) is 0 Å². The molecule has 3 heterocycles. The van der Waals surface area contributed by atoms with Crippen molar-refractivity contribution in [2.75, 3.05) is 13.6 Å². The first-order chi connectivity index (χ1) is 10.3. The smallest absolute Gasteiger partial charge is 0.138 e. The van der Waals surface area contributed by atoms with Gasteiger partial charge in [-0.2, -0.15) is 0 Å². The minimum Gasteiger partial charge on any atom is -0.338 e. The second kappa shape index (κ2) is 4.97. The Bertz CT molecular complexity index is 744. The zero-order valence-electron chi connectivity index (χ0n) is 12.1. The number of pyridine rings is 1. The molecule has 3 aromatic rings. The number of hydrogen-bond donors (Lipinski definition) is 1. The molecular weight excluding hydrogens is 260 g/mol. The first-order valence-electron chi connectivity index (χ1n) is 7.42. The van der Waals surface area contributed by atoms with Crippen LogP contribution in [0.4, 0.5) is 0 Å². The molecule has 1 atom stereocenters. The lowest BCUT2D eigenvalue weighted by atomic mass is 10.0. The van der Waals surface area contributed by atoms with Crippen LogP contribution in [0, 0.1) is 0 Å². The summed E-state index contributed by atoms with van der Waals surface area (Å²) in [6, 6.07) is 10.7. The standard InChI is InChI=1S/C17H18N4/c1-21-10-4-7-16(21)13-11-18-9-8-12(13)17-19-14-5-2-3-6-15(14)20-17/h2-3,5-6,8-9,11,16H,4,7,10H2,1H3,(H,19,20)/t16-/m0/s1. The lowest BCUT2D eigenvalue weighted by Crippen LogP contribution is -2.18. The molecule has 21 heavy (non-hydrogen) atoms. The topological polar surface area (TPSA) is 44.8 Å². The van der Waals surface area contributed by atoms with E-state index in [-0.39, 0.29) is 0 Å². The zero-order valence-corrected chi connectivity index (χ0v) is 12.1. The van der Waals surface area contributed by atoms with Crippen LogP contribution >= 0.6 is 0 Å². The normalized spacial score (nSPS) is 19.4. The molecule has 1 aliphatic heterocycles. The Balaban J connectivity index is 1.84. The number of fused-ring (bicyclic) bond motifs is 1. The number of likely N-dealkylation sites (tertiary alicyclic amines) is 1. The molecule has 0 bridgehead atoms. The molecule has 106 valence electrons. The average molecular weight is 278 g/mol. The van der Waals surface area contributed by atoms with Crippen molar-refractivity contribution in [2.45, 2.75) is 18.9 Å². The second-order valence-corrected chi connectivity index (χ2v) is 5.70. The first-order valence-corrected chi connectivity index (χ1v) is 7.42. The molecule has 1 aliphatic rings. The van der Waals surface area contributed by atoms with Gasteiger partial charge in [0.15, 0.2) is 0 Å². The molecule has 4 heteroatoms. The van der Waals surface area contributed by atoms with Crippen LogP contribution in [-0.4, -0.2) is 33.4 Å². The molecule has 1 fully saturated rings. The summed E-state index contributed by atoms with van der Waals surface area (Å²) < 4.78 is 0. The van der Waals surface area contributed by atoms with E-state index in [0.717, 1.165) is 23.4 Å². The molecule has 0 amide bonds. The van der Waals surface area contributed by atoms with Gasteiger partial charge in [0.2, 0.25) is 0 Å². The van der Waals surface area contributed by atoms with Gasteiger partial charge in [-0.05, 0) is 50.2 Å². The van der Waals surface area contributed by atoms with Gasteiger partial charge in [0, 0.05) is 24.0 Å². The summed E-state index contributed by atoms with van der Waals surface area (Å²) in [7, 11) is 2.19. The summed E-state index contributed by atoms with van der Waals surface area (Å²) >= 11 is 0. The van der Waals surface area contributed by atoms with Gasteiger partial charge in [-0.3, -0.25) is 9.88 Å². The average Bonchev–Trinajstić information content (AvgIpc) is 3.13. The van der Waals surface area contributed by atoms with Gasteiger partial charge >= 0.3 is 0 Å². The first kappa shape index (κ1) is 12.5. The lowest BCUT2D eigenvalue weighted by molar-refractivity contribution is 0.317. The van der Waals surface area contributed by atoms with Gasteiger partial charge < -0.3 is 4.98 Å². The number of aromatic nitrogens is 3. The highest BCUT2D eigenvalue weighted by Crippen LogP contribution is 2.35. The predicted molar refractivity (Wildman–Crippen MR) is 83.9 cm³/mol. The van der Waals surface area contributed by atoms with Crippen molar-refractivity contribution in [2.24, 2.45) is 0 Å². The molecule has 1 saturated heterocycles. The number of imidazole rings is 1. The van der Waals surface area contributed by atoms with E-state index in [9.17, 15) is 0 Å². The number of nitrogens with zero attached hydrogens (tertiary/aromatic N) is 3. The third-order valence-electron chi connectivity index (χ3n) is 4.38. The maximum atomic E-state index is 4.74. The molecule has 0 radical (unpaired) electrons. The Hall–Kier alpha value is -2.20. The van der Waals surface area contributed by atoms with Gasteiger partial charge in [-0.1, -0.05) is 12.1 Å². The van der Waals surface area contributed by atoms with E-state index >= 15 is 0 Å². The maximum Gasteiger partial charge on any atom is 0.138 e. The van der Waals surface area contributed by atoms with Crippen molar-refractivity contribution in [3.8, 4) is 11.4 Å². The van der Waals surface area contributed by atoms with Crippen LogP contribution in [0.1, 0.15) is 24.4 Å². The van der Waals surface area contributed by atoms with Crippen molar-refractivity contribution in [3.05, 3.63) is 48.3 Å². The van der Waals surface area contributed by atoms with Gasteiger partial charge in [0.25, 0.3) is 0 Å². The Labute approximate surface area is 123 Å². The van der Waals surface area contributed by atoms with Crippen LogP contribution in [0.25, 0.3) is 22.4 Å². The van der Waals surface area contributed by atoms with E-state index in [4.69, 9.17) is 4.98 Å². The van der Waals surface area contributed by atoms with Crippen LogP contribution in [0.15, 0.2) is 42.7 Å². The Morgan fingerprint density at radius 2 is 2.14 bits per heavy atom. The summed E-state index contributed by atoms with van der Waals surface area (Å²) in [6.45, 7) is 1.15. The largest absolute Gasteiger partial charge is 0.338 e. The quantitative estimate of drug-likeness (QED) is 0.781. The predicted octanol–water partition coefficient (Wildman–Crippen LogP) is 3.39. The minimum absolute atomic E-state index is 0.446. The van der Waals surface area contributed by atoms with E-state index < -0.39 is 0 Å². The van der Waals surface area contributed by atoms with E-state index in [0.29, 0.717) is 6.04 Å². The fraction of sp³-hybridized carbons (Fsp3) is 0.294. The maximum absolute atomic E-state index is 4.74. The number of benzene rings is 1. The molecule has 1 aromatic carbocycles. The van der Waals surface area contributed by atoms with Crippen molar-refractivity contribution < 1.29 is 0 Å². The highest BCUT2D eigenvalue weighted by molar-refractivity contribution is 5.79. The molecule has 1 N–H and O–H groups in total. The van der Waals surface area contributed by atoms with Gasteiger partial charge in [0.1, 0.15) is 5.82 Å². The summed E-state index contributed by atoms with van der Waals surface area (Å²) in [5.41, 5.74) is 4.53. The third kappa shape index (κ3) is 2.12. The molecule has 4 nitrogen and oxygen atoms in total. The van der Waals surface area contributed by atoms with Gasteiger partial charge in [0.05, 0.1) is 11.0 Å². The molecular formula is C17H18N4. The molecule has 2 aromatic heterocycles. The zero-order chi connectivity index (χ0) is 14.2. The molecule has 4 rings (SSSR count). The Morgan fingerprint density at radius 3 is 2.95 bits per heavy atom. The highest BCUT2D eigenvalue weighted by atomic mass is 15.1. The number of nitrogens with one attached hydrogen (secondary N) is 1. The number of rotatable bonds is 2. The number of para-hydroxylation sites is 2. The molecule has 0 spiro atoms. The van der Waals surface area contributed by atoms with Crippen LogP contribution in [-0.2, 0) is 0 Å². The third-order valence-corrected chi connectivity index (χ3v) is 4.38. The van der Waals surface area contributed by atoms with Gasteiger partial charge in [-0.15, -0.1) is 0 Å². The van der Waals surface area contributed by atoms with Crippen LogP contribution in [0.3, 0.4) is 0 Å². The summed E-state index contributed by atoms with van der Waals surface area (Å²) in [4.78, 5) is 14.9. The van der Waals surface area contributed by atoms with Crippen molar-refractivity contribution in [3.63, 3.8) is 0 Å². The molecule has 0 aliphatic carbocycles. The van der Waals surface area contributed by atoms with Gasteiger partial charge in [-0.25, -0.2) is 4.98 Å². The van der Waals surface area contributed by atoms with Crippen molar-refractivity contribution in [1.82, 2.24) is 19.9 Å². The lowest BCUT2D eigenvalue weighted by Gasteiger charge is -2.21. The van der Waals surface area contributed by atoms with E-state index in [1.807, 2.05) is 30.6 Å². The number of H-pyrrole nitrogens is 1. The summed E-state index contributed by atoms with van der Waals surface area (Å²) in [5, 5.41) is 0. The monoisotopic (exact) mass is 278 g/mol. The number of aromatic amines is 1. The SMILES string of the molecule is CN1CCC[C@H]1c1cnccc1-c1nc2ccccc2[nH]1. The Morgan fingerprint density at radius 1 is 1.24 bits per heavy atom. The summed E-state index contributed by atoms with van der Waals surface area (Å²) in [6.07, 6.45) is 6.28. The fourth-order valence-corrected chi connectivity index (χ4v) is 3.27. The van der Waals surface area contributed by atoms with Crippen LogP contribution in [0.2, 0.25) is 0 Å². The van der Waals surface area contributed by atoms with E-state index in [1.165, 1.54) is 24.0 Å². The Kier molecular flexibility index (Phi) is 2.97. The molecule has 0 saturated carbocycles. The fourth-order valence-electron chi connectivity index (χ4n) is 3.27. The number of hydrogen-bond acceptors (Lipinski definition) is 3. The minimum atomic E-state index is 0.446. The van der Waals surface area contributed by atoms with Crippen LogP contribution < -0.4 is 0 Å². The van der Waals surface area contributed by atoms with Crippen LogP contribution in [0.5, 0.6) is 0 Å². The van der Waals surface area contributed by atoms with Crippen molar-refractivity contribution in [1.29, 1.82) is 0 Å². The van der Waals surface area contributed by atoms with E-state index in [2.05, 4.69) is 34.0 Å². The molecule has 0 unspecified atom stereocenters. The second-order valence-electron chi connectivity index (χ2n) is 5.70.